The van der Waals surface area contributed by atoms with Gasteiger partial charge in [-0.1, -0.05) is 17.7 Å². The molecule has 4 nitrogen and oxygen atoms in total. The fourth-order valence-corrected chi connectivity index (χ4v) is 1.90. The molecule has 0 radical (unpaired) electrons. The maximum Gasteiger partial charge on any atom is 0.156 e. The summed E-state index contributed by atoms with van der Waals surface area (Å²) in [5.41, 5.74) is 0.120. The lowest BCUT2D eigenvalue weighted by Crippen LogP contribution is -2.43. The maximum atomic E-state index is 11.2. The zero-order valence-electron chi connectivity index (χ0n) is 11.2. The summed E-state index contributed by atoms with van der Waals surface area (Å²) in [5, 5.41) is 0.186. The number of nitrogens with zero attached hydrogens (tertiary/aromatic N) is 3. The van der Waals surface area contributed by atoms with Crippen LogP contribution in [0.5, 0.6) is 0 Å². The summed E-state index contributed by atoms with van der Waals surface area (Å²) in [6, 6.07) is 0. The molecule has 0 saturated heterocycles. The summed E-state index contributed by atoms with van der Waals surface area (Å²) >= 11 is 5.99. The van der Waals surface area contributed by atoms with Gasteiger partial charge >= 0.3 is 0 Å². The molecule has 0 aliphatic rings. The van der Waals surface area contributed by atoms with Gasteiger partial charge in [0.05, 0.1) is 5.56 Å². The number of carbonyl (C=O) groups is 1. The summed E-state index contributed by atoms with van der Waals surface area (Å²) in [6.45, 7) is 12.2. The number of halogens is 1. The molecule has 0 unspecified atom stereocenters. The van der Waals surface area contributed by atoms with E-state index in [0.29, 0.717) is 30.0 Å². The molecule has 0 aliphatic carbocycles. The Morgan fingerprint density at radius 1 is 1.39 bits per heavy atom. The van der Waals surface area contributed by atoms with Crippen molar-refractivity contribution in [3.05, 3.63) is 29.2 Å². The first kappa shape index (κ1) is 14.6. The molecule has 0 saturated carbocycles. The molecular weight excluding hydrogens is 250 g/mol. The molecule has 0 amide bonds. The Labute approximate surface area is 113 Å². The molecule has 18 heavy (non-hydrogen) atoms. The first-order valence-corrected chi connectivity index (χ1v) is 6.07. The van der Waals surface area contributed by atoms with Gasteiger partial charge in [0.25, 0.3) is 0 Å². The minimum atomic E-state index is -0.198. The topological polar surface area (TPSA) is 46.1 Å². The Morgan fingerprint density at radius 2 is 2.00 bits per heavy atom. The molecule has 0 bridgehead atoms. The van der Waals surface area contributed by atoms with Gasteiger partial charge < -0.3 is 4.90 Å². The zero-order valence-corrected chi connectivity index (χ0v) is 12.0. The lowest BCUT2D eigenvalue weighted by Gasteiger charge is -2.36. The van der Waals surface area contributed by atoms with E-state index in [-0.39, 0.29) is 10.7 Å². The van der Waals surface area contributed by atoms with Crippen LogP contribution in [0.15, 0.2) is 12.7 Å². The van der Waals surface area contributed by atoms with Crippen LogP contribution in [0.3, 0.4) is 0 Å². The number of anilines is 1. The molecule has 98 valence electrons. The van der Waals surface area contributed by atoms with E-state index in [9.17, 15) is 4.79 Å². The van der Waals surface area contributed by atoms with Gasteiger partial charge in [-0.3, -0.25) is 4.79 Å². The number of aldehydes is 1. The number of aromatic nitrogens is 2. The van der Waals surface area contributed by atoms with E-state index in [1.165, 1.54) is 0 Å². The second kappa shape index (κ2) is 5.48. The monoisotopic (exact) mass is 267 g/mol. The van der Waals surface area contributed by atoms with Crippen LogP contribution < -0.4 is 4.90 Å². The van der Waals surface area contributed by atoms with E-state index in [4.69, 9.17) is 11.6 Å². The molecular formula is C13H18ClN3O. The predicted octanol–water partition coefficient (Wildman–Crippen LogP) is 3.04. The lowest BCUT2D eigenvalue weighted by atomic mass is 10.1. The molecule has 1 aromatic rings. The molecule has 1 heterocycles. The van der Waals surface area contributed by atoms with Gasteiger partial charge in [-0.2, -0.15) is 0 Å². The number of hydrogen-bond acceptors (Lipinski definition) is 4. The van der Waals surface area contributed by atoms with Crippen molar-refractivity contribution in [2.75, 3.05) is 11.4 Å². The first-order chi connectivity index (χ1) is 8.31. The summed E-state index contributed by atoms with van der Waals surface area (Å²) in [6.07, 6.45) is 2.46. The fourth-order valence-electron chi connectivity index (χ4n) is 1.65. The first-order valence-electron chi connectivity index (χ1n) is 5.69. The van der Waals surface area contributed by atoms with Crippen molar-refractivity contribution in [1.82, 2.24) is 9.97 Å². The Kier molecular flexibility index (Phi) is 4.46. The highest BCUT2D eigenvalue weighted by molar-refractivity contribution is 6.32. The van der Waals surface area contributed by atoms with Gasteiger partial charge in [0.2, 0.25) is 0 Å². The number of carbonyl (C=O) groups excluding carboxylic acids is 1. The van der Waals surface area contributed by atoms with Crippen LogP contribution in [0, 0.1) is 6.92 Å². The van der Waals surface area contributed by atoms with Crippen molar-refractivity contribution in [2.24, 2.45) is 0 Å². The highest BCUT2D eigenvalue weighted by Crippen LogP contribution is 2.28. The Balaban J connectivity index is 3.44. The van der Waals surface area contributed by atoms with E-state index in [2.05, 4.69) is 16.5 Å². The number of rotatable bonds is 4. The van der Waals surface area contributed by atoms with Crippen LogP contribution in [0.4, 0.5) is 5.82 Å². The minimum absolute atomic E-state index is 0.186. The van der Waals surface area contributed by atoms with Crippen LogP contribution in [-0.2, 0) is 0 Å². The molecule has 1 rings (SSSR count). The summed E-state index contributed by atoms with van der Waals surface area (Å²) in [7, 11) is 0. The lowest BCUT2D eigenvalue weighted by molar-refractivity contribution is 0.112. The summed E-state index contributed by atoms with van der Waals surface area (Å²) in [5.74, 6) is 1.09. The van der Waals surface area contributed by atoms with E-state index in [1.807, 2.05) is 25.7 Å². The SMILES string of the molecule is C=CCN(c1nc(C)nc(Cl)c1C=O)C(C)(C)C. The molecule has 0 aromatic carbocycles. The third-order valence-electron chi connectivity index (χ3n) is 2.49. The van der Waals surface area contributed by atoms with E-state index >= 15 is 0 Å². The molecule has 0 N–H and O–H groups in total. The molecule has 0 fully saturated rings. The minimum Gasteiger partial charge on any atom is -0.347 e. The highest BCUT2D eigenvalue weighted by atomic mass is 35.5. The van der Waals surface area contributed by atoms with E-state index in [1.54, 1.807) is 13.0 Å². The fraction of sp³-hybridized carbons (Fsp3) is 0.462. The van der Waals surface area contributed by atoms with Gasteiger partial charge in [-0.15, -0.1) is 6.58 Å². The maximum absolute atomic E-state index is 11.2. The van der Waals surface area contributed by atoms with E-state index in [0.717, 1.165) is 0 Å². The van der Waals surface area contributed by atoms with Gasteiger partial charge in [0.15, 0.2) is 6.29 Å². The molecule has 1 aromatic heterocycles. The van der Waals surface area contributed by atoms with Crippen LogP contribution in [0.1, 0.15) is 37.0 Å². The third kappa shape index (κ3) is 3.07. The zero-order chi connectivity index (χ0) is 13.9. The molecule has 0 aliphatic heterocycles. The Morgan fingerprint density at radius 3 is 2.44 bits per heavy atom. The van der Waals surface area contributed by atoms with Crippen LogP contribution in [-0.4, -0.2) is 28.3 Å². The van der Waals surface area contributed by atoms with Crippen LogP contribution >= 0.6 is 11.6 Å². The normalized spacial score (nSPS) is 11.2. The van der Waals surface area contributed by atoms with Crippen molar-refractivity contribution >= 4 is 23.7 Å². The van der Waals surface area contributed by atoms with Gasteiger partial charge in [0.1, 0.15) is 16.8 Å². The third-order valence-corrected chi connectivity index (χ3v) is 2.77. The number of hydrogen-bond donors (Lipinski definition) is 0. The average molecular weight is 268 g/mol. The van der Waals surface area contributed by atoms with E-state index < -0.39 is 0 Å². The summed E-state index contributed by atoms with van der Waals surface area (Å²) < 4.78 is 0. The largest absolute Gasteiger partial charge is 0.347 e. The molecule has 0 atom stereocenters. The van der Waals surface area contributed by atoms with Crippen molar-refractivity contribution < 1.29 is 4.79 Å². The number of aryl methyl sites for hydroxylation is 1. The van der Waals surface area contributed by atoms with Crippen molar-refractivity contribution in [3.63, 3.8) is 0 Å². The quantitative estimate of drug-likeness (QED) is 0.478. The van der Waals surface area contributed by atoms with Crippen molar-refractivity contribution in [1.29, 1.82) is 0 Å². The van der Waals surface area contributed by atoms with Gasteiger partial charge in [-0.25, -0.2) is 9.97 Å². The Bertz CT molecular complexity index is 466. The standard InChI is InChI=1S/C13H18ClN3O/c1-6-7-17(13(3,4)5)12-10(8-18)11(14)15-9(2)16-12/h6,8H,1,7H2,2-5H3. The summed E-state index contributed by atoms with van der Waals surface area (Å²) in [4.78, 5) is 21.5. The Hall–Kier alpha value is -1.42. The van der Waals surface area contributed by atoms with Gasteiger partial charge in [-0.05, 0) is 27.7 Å². The highest BCUT2D eigenvalue weighted by Gasteiger charge is 2.25. The average Bonchev–Trinajstić information content (AvgIpc) is 2.23. The van der Waals surface area contributed by atoms with Crippen molar-refractivity contribution in [2.45, 2.75) is 33.2 Å². The molecule has 5 heteroatoms. The smallest absolute Gasteiger partial charge is 0.156 e. The second-order valence-corrected chi connectivity index (χ2v) is 5.34. The second-order valence-electron chi connectivity index (χ2n) is 4.99. The van der Waals surface area contributed by atoms with Crippen molar-refractivity contribution in [3.8, 4) is 0 Å². The van der Waals surface area contributed by atoms with Crippen LogP contribution in [0.25, 0.3) is 0 Å². The predicted molar refractivity (Wildman–Crippen MR) is 74.5 cm³/mol. The molecule has 0 spiro atoms. The van der Waals surface area contributed by atoms with Gasteiger partial charge in [0, 0.05) is 12.1 Å². The van der Waals surface area contributed by atoms with Crippen LogP contribution in [0.2, 0.25) is 5.15 Å².